The Morgan fingerprint density at radius 3 is 2.77 bits per heavy atom. The number of allylic oxidation sites excluding steroid dienone is 1. The Labute approximate surface area is 213 Å². The lowest BCUT2D eigenvalue weighted by molar-refractivity contribution is -0.0186. The summed E-state index contributed by atoms with van der Waals surface area (Å²) in [6, 6.07) is 6.59. The van der Waals surface area contributed by atoms with Gasteiger partial charge in [-0.3, -0.25) is 4.90 Å². The Morgan fingerprint density at radius 1 is 1.31 bits per heavy atom. The van der Waals surface area contributed by atoms with E-state index in [1.165, 1.54) is 38.8 Å². The molecule has 7 heteroatoms. The van der Waals surface area contributed by atoms with Crippen LogP contribution in [0.25, 0.3) is 11.1 Å². The zero-order chi connectivity index (χ0) is 24.6. The molecule has 6 nitrogen and oxygen atoms in total. The fourth-order valence-electron chi connectivity index (χ4n) is 6.16. The van der Waals surface area contributed by atoms with Crippen LogP contribution in [0.1, 0.15) is 79.7 Å². The van der Waals surface area contributed by atoms with Gasteiger partial charge in [-0.15, -0.1) is 0 Å². The number of anilines is 1. The van der Waals surface area contributed by atoms with E-state index >= 15 is 0 Å². The maximum atomic E-state index is 6.65. The fraction of sp³-hybridized carbons (Fsp3) is 0.500. The topological polar surface area (TPSA) is 59.5 Å². The van der Waals surface area contributed by atoms with Crippen LogP contribution in [0.5, 0.6) is 6.01 Å². The second kappa shape index (κ2) is 9.92. The Bertz CT molecular complexity index is 1140. The summed E-state index contributed by atoms with van der Waals surface area (Å²) in [5, 5.41) is 3.94. The van der Waals surface area contributed by atoms with Gasteiger partial charge < -0.3 is 14.8 Å². The summed E-state index contributed by atoms with van der Waals surface area (Å²) in [5.41, 5.74) is 5.11. The summed E-state index contributed by atoms with van der Waals surface area (Å²) in [6.07, 6.45) is 8.88. The Kier molecular flexibility index (Phi) is 6.88. The highest BCUT2D eigenvalue weighted by molar-refractivity contribution is 6.49. The van der Waals surface area contributed by atoms with Gasteiger partial charge in [0.1, 0.15) is 12.4 Å². The molecule has 0 saturated carbocycles. The van der Waals surface area contributed by atoms with E-state index in [9.17, 15) is 0 Å². The highest BCUT2D eigenvalue weighted by Gasteiger charge is 2.45. The van der Waals surface area contributed by atoms with Crippen LogP contribution in [0, 0.1) is 0 Å². The standard InChI is InChI=1S/C28H35ClN4O2/c1-5-19-10-7-11-20(25(19)21(29)6-2)23-16-22-24(18(3)35-23)26(30-4)32-27(31-22)34-17-28-12-8-14-33(28)15-9-13-28/h5-7,10-11,18,23H,1,8-9,12-17H2,2-4H3,(H,30,31,32)/b21-6+. The van der Waals surface area contributed by atoms with Crippen molar-refractivity contribution in [3.05, 3.63) is 58.8 Å². The minimum Gasteiger partial charge on any atom is -0.461 e. The van der Waals surface area contributed by atoms with Crippen molar-refractivity contribution >= 4 is 28.5 Å². The third-order valence-electron chi connectivity index (χ3n) is 7.86. The van der Waals surface area contributed by atoms with Crippen molar-refractivity contribution < 1.29 is 9.47 Å². The van der Waals surface area contributed by atoms with Crippen LogP contribution in [0.3, 0.4) is 0 Å². The molecule has 1 aromatic carbocycles. The summed E-state index contributed by atoms with van der Waals surface area (Å²) in [5.74, 6) is 0.773. The van der Waals surface area contributed by atoms with E-state index in [4.69, 9.17) is 31.0 Å². The van der Waals surface area contributed by atoms with Gasteiger partial charge in [0.05, 0.1) is 23.4 Å². The zero-order valence-electron chi connectivity index (χ0n) is 20.9. The van der Waals surface area contributed by atoms with E-state index in [1.807, 2.05) is 38.3 Å². The van der Waals surface area contributed by atoms with Gasteiger partial charge in [0.25, 0.3) is 0 Å². The number of ether oxygens (including phenoxy) is 2. The molecule has 0 radical (unpaired) electrons. The minimum atomic E-state index is -0.188. The van der Waals surface area contributed by atoms with E-state index < -0.39 is 0 Å². The molecule has 35 heavy (non-hydrogen) atoms. The van der Waals surface area contributed by atoms with Gasteiger partial charge in [-0.05, 0) is 63.7 Å². The maximum absolute atomic E-state index is 6.65. The number of nitrogens with zero attached hydrogens (tertiary/aromatic N) is 3. The largest absolute Gasteiger partial charge is 0.461 e. The predicted molar refractivity (Wildman–Crippen MR) is 142 cm³/mol. The first-order valence-electron chi connectivity index (χ1n) is 12.7. The molecule has 0 amide bonds. The first kappa shape index (κ1) is 24.3. The molecule has 5 rings (SSSR count). The van der Waals surface area contributed by atoms with Gasteiger partial charge in [0.15, 0.2) is 0 Å². The molecule has 3 aliphatic rings. The van der Waals surface area contributed by atoms with Gasteiger partial charge in [-0.2, -0.15) is 9.97 Å². The number of halogens is 1. The van der Waals surface area contributed by atoms with Crippen molar-refractivity contribution in [2.75, 3.05) is 32.1 Å². The normalized spacial score (nSPS) is 23.6. The summed E-state index contributed by atoms with van der Waals surface area (Å²) < 4.78 is 12.8. The highest BCUT2D eigenvalue weighted by Crippen LogP contribution is 2.43. The van der Waals surface area contributed by atoms with Crippen molar-refractivity contribution in [3.63, 3.8) is 0 Å². The Hall–Kier alpha value is -2.41. The molecular weight excluding hydrogens is 460 g/mol. The van der Waals surface area contributed by atoms with Gasteiger partial charge in [-0.1, -0.05) is 48.5 Å². The van der Waals surface area contributed by atoms with Gasteiger partial charge in [0.2, 0.25) is 0 Å². The molecular formula is C28H35ClN4O2. The third kappa shape index (κ3) is 4.37. The molecule has 1 N–H and O–H groups in total. The molecule has 186 valence electrons. The third-order valence-corrected chi connectivity index (χ3v) is 8.27. The van der Waals surface area contributed by atoms with Crippen molar-refractivity contribution in [2.45, 2.75) is 63.7 Å². The SMILES string of the molecule is C=Cc1cccc(C2Cc3nc(OCC45CCCN4CCC5)nc(NC)c3C(C)O2)c1/C(Cl)=C\C. The molecule has 2 aromatic rings. The molecule has 3 aliphatic heterocycles. The molecule has 2 unspecified atom stereocenters. The van der Waals surface area contributed by atoms with Crippen LogP contribution in [0.4, 0.5) is 5.82 Å². The zero-order valence-corrected chi connectivity index (χ0v) is 21.7. The first-order valence-corrected chi connectivity index (χ1v) is 13.1. The van der Waals surface area contributed by atoms with Crippen LogP contribution in [0.15, 0.2) is 30.9 Å². The molecule has 2 atom stereocenters. The van der Waals surface area contributed by atoms with E-state index in [0.29, 0.717) is 24.1 Å². The van der Waals surface area contributed by atoms with Crippen molar-refractivity contribution in [1.82, 2.24) is 14.9 Å². The number of nitrogens with one attached hydrogen (secondary N) is 1. The van der Waals surface area contributed by atoms with E-state index in [2.05, 4.69) is 29.8 Å². The van der Waals surface area contributed by atoms with Crippen molar-refractivity contribution in [3.8, 4) is 6.01 Å². The molecule has 2 fully saturated rings. The second-order valence-corrected chi connectivity index (χ2v) is 10.2. The summed E-state index contributed by atoms with van der Waals surface area (Å²) >= 11 is 6.65. The lowest BCUT2D eigenvalue weighted by atomic mass is 9.90. The lowest BCUT2D eigenvalue weighted by Gasteiger charge is -2.33. The number of aromatic nitrogens is 2. The Balaban J connectivity index is 1.47. The van der Waals surface area contributed by atoms with Crippen LogP contribution >= 0.6 is 11.6 Å². The summed E-state index contributed by atoms with van der Waals surface area (Å²) in [6.45, 7) is 11.0. The molecule has 0 bridgehead atoms. The Morgan fingerprint density at radius 2 is 2.09 bits per heavy atom. The van der Waals surface area contributed by atoms with Crippen LogP contribution < -0.4 is 10.1 Å². The van der Waals surface area contributed by atoms with Crippen molar-refractivity contribution in [2.24, 2.45) is 0 Å². The number of benzene rings is 1. The van der Waals surface area contributed by atoms with Crippen molar-refractivity contribution in [1.29, 1.82) is 0 Å². The average molecular weight is 495 g/mol. The van der Waals surface area contributed by atoms with Gasteiger partial charge in [0, 0.05) is 29.6 Å². The molecule has 0 spiro atoms. The molecule has 2 saturated heterocycles. The van der Waals surface area contributed by atoms with Gasteiger partial charge in [-0.25, -0.2) is 0 Å². The quantitative estimate of drug-likeness (QED) is 0.498. The summed E-state index contributed by atoms with van der Waals surface area (Å²) in [7, 11) is 1.89. The molecule has 4 heterocycles. The number of hydrogen-bond donors (Lipinski definition) is 1. The monoisotopic (exact) mass is 494 g/mol. The van der Waals surface area contributed by atoms with Crippen LogP contribution in [-0.2, 0) is 11.2 Å². The molecule has 0 aliphatic carbocycles. The van der Waals surface area contributed by atoms with E-state index in [0.717, 1.165) is 33.8 Å². The average Bonchev–Trinajstić information content (AvgIpc) is 3.46. The van der Waals surface area contributed by atoms with E-state index in [-0.39, 0.29) is 17.7 Å². The van der Waals surface area contributed by atoms with Crippen LogP contribution in [0.2, 0.25) is 0 Å². The fourth-order valence-corrected chi connectivity index (χ4v) is 6.38. The van der Waals surface area contributed by atoms with Crippen LogP contribution in [-0.4, -0.2) is 47.2 Å². The van der Waals surface area contributed by atoms with Gasteiger partial charge >= 0.3 is 6.01 Å². The number of fused-ring (bicyclic) bond motifs is 2. The maximum Gasteiger partial charge on any atom is 0.318 e. The first-order chi connectivity index (χ1) is 17.0. The van der Waals surface area contributed by atoms with E-state index in [1.54, 1.807) is 0 Å². The lowest BCUT2D eigenvalue weighted by Crippen LogP contribution is -2.43. The number of rotatable bonds is 7. The molecule has 1 aromatic heterocycles. The predicted octanol–water partition coefficient (Wildman–Crippen LogP) is 6.14. The number of hydrogen-bond acceptors (Lipinski definition) is 6. The minimum absolute atomic E-state index is 0.154. The summed E-state index contributed by atoms with van der Waals surface area (Å²) in [4.78, 5) is 12.2. The smallest absolute Gasteiger partial charge is 0.318 e. The second-order valence-electron chi connectivity index (χ2n) is 9.80. The highest BCUT2D eigenvalue weighted by atomic mass is 35.5.